The molecule has 0 aliphatic rings. The molecule has 0 saturated carbocycles. The van der Waals surface area contributed by atoms with Gasteiger partial charge in [-0.3, -0.25) is 4.98 Å². The van der Waals surface area contributed by atoms with Crippen molar-refractivity contribution in [3.05, 3.63) is 42.1 Å². The normalized spacial score (nSPS) is 11.3. The van der Waals surface area contributed by atoms with Crippen LogP contribution in [0.2, 0.25) is 0 Å². The Labute approximate surface area is 115 Å². The summed E-state index contributed by atoms with van der Waals surface area (Å²) in [5, 5.41) is 4.72. The summed E-state index contributed by atoms with van der Waals surface area (Å²) in [6, 6.07) is 10.5. The number of hydrogen-bond donors (Lipinski definition) is 1. The van der Waals surface area contributed by atoms with Gasteiger partial charge in [-0.25, -0.2) is 0 Å². The van der Waals surface area contributed by atoms with Gasteiger partial charge in [-0.2, -0.15) is 0 Å². The predicted octanol–water partition coefficient (Wildman–Crippen LogP) is 2.67. The van der Waals surface area contributed by atoms with E-state index in [1.54, 1.807) is 0 Å². The van der Waals surface area contributed by atoms with E-state index in [1.807, 2.05) is 12.3 Å². The van der Waals surface area contributed by atoms with E-state index >= 15 is 0 Å². The Morgan fingerprint density at radius 3 is 2.68 bits per heavy atom. The van der Waals surface area contributed by atoms with Crippen molar-refractivity contribution < 1.29 is 0 Å². The minimum atomic E-state index is 0.885. The lowest BCUT2D eigenvalue weighted by atomic mass is 10.1. The molecule has 0 aliphatic heterocycles. The van der Waals surface area contributed by atoms with E-state index in [2.05, 4.69) is 53.3 Å². The van der Waals surface area contributed by atoms with Crippen LogP contribution in [0.1, 0.15) is 19.4 Å². The number of rotatable bonds is 7. The molecular formula is C16H23N3. The summed E-state index contributed by atoms with van der Waals surface area (Å²) in [6.07, 6.45) is 1.86. The smallest absolute Gasteiger partial charge is 0.0746 e. The number of aromatic nitrogens is 1. The first kappa shape index (κ1) is 14.0. The molecule has 0 atom stereocenters. The van der Waals surface area contributed by atoms with Crippen LogP contribution in [-0.4, -0.2) is 36.1 Å². The van der Waals surface area contributed by atoms with E-state index in [-0.39, 0.29) is 0 Å². The summed E-state index contributed by atoms with van der Waals surface area (Å²) in [5.74, 6) is 0. The number of likely N-dealkylation sites (N-methyl/N-ethyl adjacent to an activating group) is 1. The van der Waals surface area contributed by atoms with Gasteiger partial charge in [-0.15, -0.1) is 0 Å². The van der Waals surface area contributed by atoms with E-state index in [4.69, 9.17) is 0 Å². The molecule has 1 aromatic carbocycles. The second-order valence-corrected chi connectivity index (χ2v) is 4.70. The maximum Gasteiger partial charge on any atom is 0.0746 e. The van der Waals surface area contributed by atoms with Gasteiger partial charge in [0.25, 0.3) is 0 Å². The second-order valence-electron chi connectivity index (χ2n) is 4.70. The fourth-order valence-electron chi connectivity index (χ4n) is 2.31. The topological polar surface area (TPSA) is 28.2 Å². The number of nitrogens with zero attached hydrogens (tertiary/aromatic N) is 2. The van der Waals surface area contributed by atoms with Crippen molar-refractivity contribution in [3.8, 4) is 0 Å². The molecule has 0 aliphatic carbocycles. The van der Waals surface area contributed by atoms with Gasteiger partial charge >= 0.3 is 0 Å². The third-order valence-electron chi connectivity index (χ3n) is 3.53. The minimum Gasteiger partial charge on any atom is -0.311 e. The molecule has 2 aromatic rings. The third kappa shape index (κ3) is 3.75. The maximum atomic E-state index is 4.48. The molecule has 102 valence electrons. The van der Waals surface area contributed by atoms with Crippen molar-refractivity contribution in [3.63, 3.8) is 0 Å². The summed E-state index contributed by atoms with van der Waals surface area (Å²) >= 11 is 0. The first-order chi connectivity index (χ1) is 9.35. The van der Waals surface area contributed by atoms with Crippen LogP contribution in [0.25, 0.3) is 10.9 Å². The molecule has 1 heterocycles. The first-order valence-corrected chi connectivity index (χ1v) is 7.10. The highest BCUT2D eigenvalue weighted by atomic mass is 15.1. The molecule has 1 N–H and O–H groups in total. The molecule has 0 bridgehead atoms. The highest BCUT2D eigenvalue weighted by Crippen LogP contribution is 2.15. The van der Waals surface area contributed by atoms with E-state index in [0.717, 1.165) is 38.2 Å². The van der Waals surface area contributed by atoms with Crippen molar-refractivity contribution in [1.29, 1.82) is 0 Å². The van der Waals surface area contributed by atoms with E-state index < -0.39 is 0 Å². The molecule has 1 aromatic heterocycles. The summed E-state index contributed by atoms with van der Waals surface area (Å²) in [5.41, 5.74) is 2.39. The van der Waals surface area contributed by atoms with Crippen LogP contribution in [-0.2, 0) is 6.54 Å². The molecule has 0 fully saturated rings. The fourth-order valence-corrected chi connectivity index (χ4v) is 2.31. The lowest BCUT2D eigenvalue weighted by molar-refractivity contribution is 0.302. The molecule has 0 radical (unpaired) electrons. The van der Waals surface area contributed by atoms with Crippen molar-refractivity contribution in [1.82, 2.24) is 15.2 Å². The van der Waals surface area contributed by atoms with Crippen LogP contribution in [0.3, 0.4) is 0 Å². The number of pyridine rings is 1. The maximum absolute atomic E-state index is 4.48. The molecule has 3 nitrogen and oxygen atoms in total. The SMILES string of the molecule is CCN(CC)CCNCc1cccc2cccnc12. The van der Waals surface area contributed by atoms with E-state index in [1.165, 1.54) is 10.9 Å². The Hall–Kier alpha value is -1.45. The van der Waals surface area contributed by atoms with Gasteiger partial charge in [0.2, 0.25) is 0 Å². The van der Waals surface area contributed by atoms with Crippen LogP contribution in [0.5, 0.6) is 0 Å². The average Bonchev–Trinajstić information content (AvgIpc) is 2.47. The highest BCUT2D eigenvalue weighted by molar-refractivity contribution is 5.81. The van der Waals surface area contributed by atoms with Gasteiger partial charge < -0.3 is 10.2 Å². The van der Waals surface area contributed by atoms with Gasteiger partial charge in [-0.1, -0.05) is 38.1 Å². The average molecular weight is 257 g/mol. The predicted molar refractivity (Wildman–Crippen MR) is 81.2 cm³/mol. The van der Waals surface area contributed by atoms with Gasteiger partial charge in [0.05, 0.1) is 5.52 Å². The Kier molecular flexibility index (Phi) is 5.31. The monoisotopic (exact) mass is 257 g/mol. The van der Waals surface area contributed by atoms with E-state index in [9.17, 15) is 0 Å². The Morgan fingerprint density at radius 2 is 1.89 bits per heavy atom. The van der Waals surface area contributed by atoms with Crippen molar-refractivity contribution >= 4 is 10.9 Å². The van der Waals surface area contributed by atoms with Gasteiger partial charge in [-0.05, 0) is 24.7 Å². The quantitative estimate of drug-likeness (QED) is 0.773. The number of nitrogens with one attached hydrogen (secondary N) is 1. The molecule has 0 unspecified atom stereocenters. The molecule has 2 rings (SSSR count). The summed E-state index contributed by atoms with van der Waals surface area (Å²) < 4.78 is 0. The lowest BCUT2D eigenvalue weighted by Gasteiger charge is -2.18. The Morgan fingerprint density at radius 1 is 1.11 bits per heavy atom. The summed E-state index contributed by atoms with van der Waals surface area (Å²) in [4.78, 5) is 6.90. The second kappa shape index (κ2) is 7.22. The number of hydrogen-bond acceptors (Lipinski definition) is 3. The molecule has 0 amide bonds. The molecule has 19 heavy (non-hydrogen) atoms. The van der Waals surface area contributed by atoms with Crippen LogP contribution in [0.4, 0.5) is 0 Å². The first-order valence-electron chi connectivity index (χ1n) is 7.10. The van der Waals surface area contributed by atoms with Gasteiger partial charge in [0, 0.05) is 31.2 Å². The minimum absolute atomic E-state index is 0.885. The largest absolute Gasteiger partial charge is 0.311 e. The fraction of sp³-hybridized carbons (Fsp3) is 0.438. The summed E-state index contributed by atoms with van der Waals surface area (Å²) in [6.45, 7) is 9.66. The van der Waals surface area contributed by atoms with Crippen LogP contribution < -0.4 is 5.32 Å². The zero-order valence-corrected chi connectivity index (χ0v) is 11.9. The molecular weight excluding hydrogens is 234 g/mol. The van der Waals surface area contributed by atoms with Crippen LogP contribution >= 0.6 is 0 Å². The number of para-hydroxylation sites is 1. The van der Waals surface area contributed by atoms with Gasteiger partial charge in [0.1, 0.15) is 0 Å². The zero-order valence-electron chi connectivity index (χ0n) is 11.9. The number of benzene rings is 1. The Balaban J connectivity index is 1.91. The van der Waals surface area contributed by atoms with E-state index in [0.29, 0.717) is 0 Å². The Bertz CT molecular complexity index is 501. The van der Waals surface area contributed by atoms with Crippen molar-refractivity contribution in [2.75, 3.05) is 26.2 Å². The standard InChI is InChI=1S/C16H23N3/c1-3-19(4-2)12-11-17-13-15-8-5-7-14-9-6-10-18-16(14)15/h5-10,17H,3-4,11-13H2,1-2H3. The van der Waals surface area contributed by atoms with Crippen molar-refractivity contribution in [2.24, 2.45) is 0 Å². The zero-order chi connectivity index (χ0) is 13.5. The van der Waals surface area contributed by atoms with Crippen LogP contribution in [0.15, 0.2) is 36.5 Å². The third-order valence-corrected chi connectivity index (χ3v) is 3.53. The molecule has 0 saturated heterocycles. The molecule has 3 heteroatoms. The summed E-state index contributed by atoms with van der Waals surface area (Å²) in [7, 11) is 0. The van der Waals surface area contributed by atoms with Crippen molar-refractivity contribution in [2.45, 2.75) is 20.4 Å². The van der Waals surface area contributed by atoms with Crippen LogP contribution in [0, 0.1) is 0 Å². The lowest BCUT2D eigenvalue weighted by Crippen LogP contribution is -2.31. The highest BCUT2D eigenvalue weighted by Gasteiger charge is 2.02. The molecule has 0 spiro atoms. The number of fused-ring (bicyclic) bond motifs is 1. The van der Waals surface area contributed by atoms with Gasteiger partial charge in [0.15, 0.2) is 0 Å².